The summed E-state index contributed by atoms with van der Waals surface area (Å²) < 4.78 is 2.39. The first-order valence-electron chi connectivity index (χ1n) is 15.8. The molecule has 9 aromatic rings. The van der Waals surface area contributed by atoms with E-state index in [1.807, 2.05) is 11.8 Å². The van der Waals surface area contributed by atoms with Crippen molar-refractivity contribution in [2.45, 2.75) is 9.79 Å². The Morgan fingerprint density at radius 2 is 1.04 bits per heavy atom. The molecule has 0 spiro atoms. The lowest BCUT2D eigenvalue weighted by molar-refractivity contribution is 1.18. The van der Waals surface area contributed by atoms with Crippen molar-refractivity contribution < 1.29 is 0 Å². The molecule has 1 aromatic heterocycles. The Morgan fingerprint density at radius 3 is 1.91 bits per heavy atom. The topological polar surface area (TPSA) is 4.93 Å². The van der Waals surface area contributed by atoms with Crippen molar-refractivity contribution in [2.75, 3.05) is 0 Å². The molecule has 1 nitrogen and oxygen atoms in total. The zero-order valence-electron chi connectivity index (χ0n) is 24.9. The second kappa shape index (κ2) is 9.97. The maximum absolute atomic E-state index is 2.40. The molecular weight excluding hydrogens is 575 g/mol. The van der Waals surface area contributed by atoms with Crippen LogP contribution in [0.2, 0.25) is 0 Å². The minimum atomic E-state index is 1.18. The Bertz CT molecular complexity index is 2650. The molecule has 0 aliphatic carbocycles. The van der Waals surface area contributed by atoms with Crippen molar-refractivity contribution in [1.29, 1.82) is 0 Å². The highest BCUT2D eigenvalue weighted by molar-refractivity contribution is 7.99. The van der Waals surface area contributed by atoms with E-state index in [4.69, 9.17) is 0 Å². The highest BCUT2D eigenvalue weighted by Gasteiger charge is 2.20. The Morgan fingerprint density at radius 1 is 0.370 bits per heavy atom. The summed E-state index contributed by atoms with van der Waals surface area (Å²) in [5, 5.41) is 7.75. The van der Waals surface area contributed by atoms with Crippen LogP contribution < -0.4 is 0 Å². The second-order valence-corrected chi connectivity index (χ2v) is 13.2. The van der Waals surface area contributed by atoms with E-state index in [1.165, 1.54) is 92.2 Å². The maximum Gasteiger partial charge on any atom is 0.0547 e. The molecule has 214 valence electrons. The fourth-order valence-corrected chi connectivity index (χ4v) is 8.64. The second-order valence-electron chi connectivity index (χ2n) is 12.1. The van der Waals surface area contributed by atoms with Gasteiger partial charge in [0.2, 0.25) is 0 Å². The number of rotatable bonds is 3. The summed E-state index contributed by atoms with van der Waals surface area (Å²) in [6.45, 7) is 0. The van der Waals surface area contributed by atoms with Gasteiger partial charge in [-0.15, -0.1) is 0 Å². The molecule has 2 heterocycles. The molecule has 46 heavy (non-hydrogen) atoms. The lowest BCUT2D eigenvalue weighted by Crippen LogP contribution is -1.94. The van der Waals surface area contributed by atoms with Gasteiger partial charge in [0.1, 0.15) is 0 Å². The monoisotopic (exact) mass is 601 g/mol. The molecule has 8 aromatic carbocycles. The predicted octanol–water partition coefficient (Wildman–Crippen LogP) is 12.6. The quantitative estimate of drug-likeness (QED) is 0.195. The molecule has 0 atom stereocenters. The average Bonchev–Trinajstić information content (AvgIpc) is 3.44. The number of fused-ring (bicyclic) bond motifs is 6. The molecule has 1 aliphatic heterocycles. The summed E-state index contributed by atoms with van der Waals surface area (Å²) in [4.78, 5) is 2.66. The summed E-state index contributed by atoms with van der Waals surface area (Å²) in [6.07, 6.45) is 0. The van der Waals surface area contributed by atoms with E-state index < -0.39 is 0 Å². The van der Waals surface area contributed by atoms with Gasteiger partial charge in [-0.05, 0) is 92.0 Å². The Hall–Kier alpha value is -5.57. The molecule has 0 fully saturated rings. The summed E-state index contributed by atoms with van der Waals surface area (Å²) >= 11 is 1.88. The van der Waals surface area contributed by atoms with Crippen LogP contribution in [-0.4, -0.2) is 4.57 Å². The molecule has 1 aliphatic rings. The van der Waals surface area contributed by atoms with E-state index >= 15 is 0 Å². The van der Waals surface area contributed by atoms with Crippen LogP contribution in [0.5, 0.6) is 0 Å². The van der Waals surface area contributed by atoms with Gasteiger partial charge in [0.05, 0.1) is 11.0 Å². The first kappa shape index (κ1) is 25.7. The van der Waals surface area contributed by atoms with Gasteiger partial charge in [-0.3, -0.25) is 0 Å². The van der Waals surface area contributed by atoms with E-state index in [9.17, 15) is 0 Å². The molecule has 0 N–H and O–H groups in total. The third-order valence-electron chi connectivity index (χ3n) is 9.59. The van der Waals surface area contributed by atoms with Crippen LogP contribution in [0.15, 0.2) is 174 Å². The van der Waals surface area contributed by atoms with Crippen molar-refractivity contribution in [3.63, 3.8) is 0 Å². The van der Waals surface area contributed by atoms with Gasteiger partial charge < -0.3 is 4.57 Å². The summed E-state index contributed by atoms with van der Waals surface area (Å²) in [5.41, 5.74) is 11.3. The largest absolute Gasteiger partial charge is 0.309 e. The zero-order chi connectivity index (χ0) is 30.2. The minimum Gasteiger partial charge on any atom is -0.309 e. The standard InChI is InChI=1S/C44H27NS/c1-2-11-31(12-3-1)45-40-18-6-4-13-34(40)39-27-38-30(26-41(39)45)10-8-15-32(38)28-20-22-29(23-21-28)33-24-25-43-44-36(33)16-9-17-37(44)35-14-5-7-19-42(35)46-43/h1-27H. The summed E-state index contributed by atoms with van der Waals surface area (Å²) in [5.74, 6) is 0. The molecular formula is C44H27NS. The van der Waals surface area contributed by atoms with E-state index in [-0.39, 0.29) is 0 Å². The van der Waals surface area contributed by atoms with Crippen LogP contribution in [0.3, 0.4) is 0 Å². The number of hydrogen-bond acceptors (Lipinski definition) is 1. The maximum atomic E-state index is 2.40. The van der Waals surface area contributed by atoms with Crippen molar-refractivity contribution in [1.82, 2.24) is 4.57 Å². The summed E-state index contributed by atoms with van der Waals surface area (Å²) in [6, 6.07) is 60.2. The number of aromatic nitrogens is 1. The van der Waals surface area contributed by atoms with Crippen molar-refractivity contribution in [2.24, 2.45) is 0 Å². The smallest absolute Gasteiger partial charge is 0.0547 e. The molecule has 10 rings (SSSR count). The molecule has 0 radical (unpaired) electrons. The van der Waals surface area contributed by atoms with Crippen LogP contribution >= 0.6 is 11.8 Å². The van der Waals surface area contributed by atoms with E-state index in [0.29, 0.717) is 0 Å². The van der Waals surface area contributed by atoms with Gasteiger partial charge in [0.25, 0.3) is 0 Å². The van der Waals surface area contributed by atoms with Gasteiger partial charge >= 0.3 is 0 Å². The molecule has 0 saturated heterocycles. The van der Waals surface area contributed by atoms with Gasteiger partial charge in [-0.25, -0.2) is 0 Å². The lowest BCUT2D eigenvalue weighted by Gasteiger charge is -2.21. The number of nitrogens with zero attached hydrogens (tertiary/aromatic N) is 1. The molecule has 0 bridgehead atoms. The minimum absolute atomic E-state index is 1.18. The zero-order valence-corrected chi connectivity index (χ0v) is 25.8. The van der Waals surface area contributed by atoms with Gasteiger partial charge in [-0.1, -0.05) is 133 Å². The van der Waals surface area contributed by atoms with Crippen LogP contribution in [0.25, 0.3) is 82.4 Å². The molecule has 0 amide bonds. The first-order chi connectivity index (χ1) is 22.8. The summed E-state index contributed by atoms with van der Waals surface area (Å²) in [7, 11) is 0. The van der Waals surface area contributed by atoms with E-state index in [2.05, 4.69) is 168 Å². The molecule has 2 heteroatoms. The van der Waals surface area contributed by atoms with Crippen molar-refractivity contribution >= 4 is 55.1 Å². The Labute approximate surface area is 271 Å². The molecule has 0 saturated carbocycles. The first-order valence-corrected chi connectivity index (χ1v) is 16.6. The van der Waals surface area contributed by atoms with E-state index in [0.717, 1.165) is 0 Å². The van der Waals surface area contributed by atoms with Gasteiger partial charge in [0.15, 0.2) is 0 Å². The fourth-order valence-electron chi connectivity index (χ4n) is 7.51. The fraction of sp³-hybridized carbons (Fsp3) is 0. The third-order valence-corrected chi connectivity index (χ3v) is 10.7. The SMILES string of the molecule is c1ccc(-n2c3ccccc3c3cc4c(-c5ccc(-c6ccc7c8c(cccc68)-c6ccccc6S7)cc5)cccc4cc32)cc1. The van der Waals surface area contributed by atoms with Crippen molar-refractivity contribution in [3.8, 4) is 39.1 Å². The van der Waals surface area contributed by atoms with Crippen molar-refractivity contribution in [3.05, 3.63) is 164 Å². The normalized spacial score (nSPS) is 12.3. The highest BCUT2D eigenvalue weighted by Crippen LogP contribution is 2.49. The Balaban J connectivity index is 1.11. The van der Waals surface area contributed by atoms with Gasteiger partial charge in [-0.2, -0.15) is 0 Å². The number of hydrogen-bond donors (Lipinski definition) is 0. The molecule has 0 unspecified atom stereocenters. The van der Waals surface area contributed by atoms with Gasteiger partial charge in [0, 0.05) is 31.6 Å². The predicted molar refractivity (Wildman–Crippen MR) is 196 cm³/mol. The number of para-hydroxylation sites is 2. The van der Waals surface area contributed by atoms with Crippen LogP contribution in [-0.2, 0) is 0 Å². The van der Waals surface area contributed by atoms with Crippen LogP contribution in [0, 0.1) is 0 Å². The number of benzene rings is 8. The highest BCUT2D eigenvalue weighted by atomic mass is 32.2. The Kier molecular flexibility index (Phi) is 5.58. The van der Waals surface area contributed by atoms with Crippen LogP contribution in [0.4, 0.5) is 0 Å². The van der Waals surface area contributed by atoms with E-state index in [1.54, 1.807) is 0 Å². The average molecular weight is 602 g/mol. The third kappa shape index (κ3) is 3.77. The lowest BCUT2D eigenvalue weighted by atomic mass is 9.91. The van der Waals surface area contributed by atoms with Crippen LogP contribution in [0.1, 0.15) is 0 Å².